The molecule has 1 atom stereocenters. The van der Waals surface area contributed by atoms with Gasteiger partial charge < -0.3 is 20.3 Å². The zero-order valence-corrected chi connectivity index (χ0v) is 21.9. The van der Waals surface area contributed by atoms with Crippen LogP contribution in [0.25, 0.3) is 0 Å². The van der Waals surface area contributed by atoms with Gasteiger partial charge in [-0.15, -0.1) is 0 Å². The zero-order valence-electron chi connectivity index (χ0n) is 21.1. The van der Waals surface area contributed by atoms with E-state index in [0.29, 0.717) is 49.8 Å². The number of nitrogens with one attached hydrogen (secondary N) is 2. The van der Waals surface area contributed by atoms with Crippen LogP contribution in [0.5, 0.6) is 0 Å². The van der Waals surface area contributed by atoms with E-state index in [9.17, 15) is 22.8 Å². The number of nitrogens with zero attached hydrogens (tertiary/aromatic N) is 2. The fourth-order valence-corrected chi connectivity index (χ4v) is 5.95. The molecule has 202 valence electrons. The van der Waals surface area contributed by atoms with Crippen LogP contribution in [0.15, 0.2) is 83.8 Å². The molecule has 39 heavy (non-hydrogen) atoms. The number of benzene rings is 3. The highest BCUT2D eigenvalue weighted by atomic mass is 32.2. The summed E-state index contributed by atoms with van der Waals surface area (Å²) in [5.41, 5.74) is 2.10. The van der Waals surface area contributed by atoms with Gasteiger partial charge in [-0.1, -0.05) is 18.2 Å². The van der Waals surface area contributed by atoms with Gasteiger partial charge in [0.2, 0.25) is 21.8 Å². The molecular weight excluding hydrogens is 520 g/mol. The minimum absolute atomic E-state index is 0.0971. The van der Waals surface area contributed by atoms with Crippen molar-refractivity contribution in [1.29, 1.82) is 0 Å². The Morgan fingerprint density at radius 1 is 0.821 bits per heavy atom. The van der Waals surface area contributed by atoms with Crippen LogP contribution in [0.4, 0.5) is 17.1 Å². The van der Waals surface area contributed by atoms with Gasteiger partial charge in [0.25, 0.3) is 5.91 Å². The molecule has 5 rings (SSSR count). The largest absolute Gasteiger partial charge is 0.379 e. The number of anilines is 3. The molecule has 3 amide bonds. The summed E-state index contributed by atoms with van der Waals surface area (Å²) < 4.78 is 32.1. The average Bonchev–Trinajstić information content (AvgIpc) is 3.36. The van der Waals surface area contributed by atoms with E-state index in [4.69, 9.17) is 4.74 Å². The molecule has 2 heterocycles. The second kappa shape index (κ2) is 11.4. The van der Waals surface area contributed by atoms with Crippen molar-refractivity contribution < 1.29 is 27.5 Å². The van der Waals surface area contributed by atoms with Crippen LogP contribution >= 0.6 is 0 Å². The highest BCUT2D eigenvalue weighted by Gasteiger charge is 2.35. The predicted octanol–water partition coefficient (Wildman–Crippen LogP) is 2.95. The Kier molecular flexibility index (Phi) is 7.73. The van der Waals surface area contributed by atoms with Gasteiger partial charge in [0, 0.05) is 48.7 Å². The highest BCUT2D eigenvalue weighted by Crippen LogP contribution is 2.26. The van der Waals surface area contributed by atoms with Crippen LogP contribution in [-0.4, -0.2) is 63.3 Å². The molecule has 11 heteroatoms. The van der Waals surface area contributed by atoms with Gasteiger partial charge >= 0.3 is 0 Å². The summed E-state index contributed by atoms with van der Waals surface area (Å²) in [6.07, 6.45) is 0.133. The molecule has 10 nitrogen and oxygen atoms in total. The Morgan fingerprint density at radius 2 is 1.44 bits per heavy atom. The summed E-state index contributed by atoms with van der Waals surface area (Å²) in [5.74, 6) is -1.21. The van der Waals surface area contributed by atoms with E-state index in [1.807, 2.05) is 30.3 Å². The Bertz CT molecular complexity index is 1450. The van der Waals surface area contributed by atoms with Crippen LogP contribution < -0.4 is 15.5 Å². The first-order valence-electron chi connectivity index (χ1n) is 12.6. The highest BCUT2D eigenvalue weighted by molar-refractivity contribution is 7.89. The van der Waals surface area contributed by atoms with Gasteiger partial charge in [0.15, 0.2) is 0 Å². The third-order valence-corrected chi connectivity index (χ3v) is 8.61. The SMILES string of the molecule is O=C(Nc1ccc(S(=O)(=O)N2CCOCC2)cc1)c1ccc(NC(=O)C2CC(=O)N(c3ccccc3)C2)cc1. The van der Waals surface area contributed by atoms with Crippen molar-refractivity contribution in [2.75, 3.05) is 48.4 Å². The fraction of sp³-hybridized carbons (Fsp3) is 0.250. The van der Waals surface area contributed by atoms with E-state index in [-0.39, 0.29) is 29.0 Å². The fourth-order valence-electron chi connectivity index (χ4n) is 4.54. The number of sulfonamides is 1. The Hall–Kier alpha value is -4.06. The molecular formula is C28H28N4O6S. The molecule has 0 aromatic heterocycles. The number of hydrogen-bond acceptors (Lipinski definition) is 6. The molecule has 2 aliphatic rings. The number of hydrogen-bond donors (Lipinski definition) is 2. The summed E-state index contributed by atoms with van der Waals surface area (Å²) in [6, 6.07) is 21.7. The van der Waals surface area contributed by atoms with E-state index >= 15 is 0 Å². The van der Waals surface area contributed by atoms with Gasteiger partial charge in [0.05, 0.1) is 24.0 Å². The molecule has 0 spiro atoms. The molecule has 3 aromatic rings. The Labute approximate surface area is 226 Å². The molecule has 0 aliphatic carbocycles. The standard InChI is InChI=1S/C28H28N4O6S/c33-26-18-21(19-32(26)24-4-2-1-3-5-24)28(35)30-22-8-6-20(7-9-22)27(34)29-23-10-12-25(13-11-23)39(36,37)31-14-16-38-17-15-31/h1-13,21H,14-19H2,(H,29,34)(H,30,35). The maximum absolute atomic E-state index is 12.8. The topological polar surface area (TPSA) is 125 Å². The molecule has 3 aromatic carbocycles. The monoisotopic (exact) mass is 548 g/mol. The molecule has 0 saturated carbocycles. The van der Waals surface area contributed by atoms with Crippen LogP contribution in [0, 0.1) is 5.92 Å². The van der Waals surface area contributed by atoms with Crippen molar-refractivity contribution in [3.05, 3.63) is 84.4 Å². The van der Waals surface area contributed by atoms with Gasteiger partial charge in [-0.3, -0.25) is 14.4 Å². The lowest BCUT2D eigenvalue weighted by molar-refractivity contribution is -0.122. The van der Waals surface area contributed by atoms with Crippen molar-refractivity contribution in [2.24, 2.45) is 5.92 Å². The van der Waals surface area contributed by atoms with Crippen molar-refractivity contribution in [3.8, 4) is 0 Å². The summed E-state index contributed by atoms with van der Waals surface area (Å²) >= 11 is 0. The number of carbonyl (C=O) groups is 3. The van der Waals surface area contributed by atoms with Crippen molar-refractivity contribution >= 4 is 44.8 Å². The lowest BCUT2D eigenvalue weighted by atomic mass is 10.1. The summed E-state index contributed by atoms with van der Waals surface area (Å²) in [5, 5.41) is 5.57. The normalized spacial score (nSPS) is 18.1. The summed E-state index contributed by atoms with van der Waals surface area (Å²) in [4.78, 5) is 39.7. The third kappa shape index (κ3) is 6.00. The van der Waals surface area contributed by atoms with Crippen molar-refractivity contribution in [3.63, 3.8) is 0 Å². The zero-order chi connectivity index (χ0) is 27.4. The number of amides is 3. The van der Waals surface area contributed by atoms with Crippen LogP contribution in [0.2, 0.25) is 0 Å². The van der Waals surface area contributed by atoms with E-state index < -0.39 is 15.9 Å². The van der Waals surface area contributed by atoms with E-state index in [1.165, 1.54) is 16.4 Å². The van der Waals surface area contributed by atoms with Crippen LogP contribution in [0.3, 0.4) is 0 Å². The molecule has 1 unspecified atom stereocenters. The second-order valence-electron chi connectivity index (χ2n) is 9.30. The van der Waals surface area contributed by atoms with Crippen molar-refractivity contribution in [1.82, 2.24) is 4.31 Å². The van der Waals surface area contributed by atoms with Gasteiger partial charge in [0.1, 0.15) is 0 Å². The quantitative estimate of drug-likeness (QED) is 0.468. The Morgan fingerprint density at radius 3 is 2.10 bits per heavy atom. The minimum Gasteiger partial charge on any atom is -0.379 e. The number of ether oxygens (including phenoxy) is 1. The molecule has 0 radical (unpaired) electrons. The second-order valence-corrected chi connectivity index (χ2v) is 11.2. The number of morpholine rings is 1. The van der Waals surface area contributed by atoms with Gasteiger partial charge in [-0.05, 0) is 60.7 Å². The molecule has 2 aliphatic heterocycles. The van der Waals surface area contributed by atoms with Crippen molar-refractivity contribution in [2.45, 2.75) is 11.3 Å². The van der Waals surface area contributed by atoms with Crippen LogP contribution in [-0.2, 0) is 24.3 Å². The predicted molar refractivity (Wildman–Crippen MR) is 146 cm³/mol. The number of para-hydroxylation sites is 1. The van der Waals surface area contributed by atoms with E-state index in [0.717, 1.165) is 5.69 Å². The van der Waals surface area contributed by atoms with Gasteiger partial charge in [-0.2, -0.15) is 4.31 Å². The smallest absolute Gasteiger partial charge is 0.255 e. The lowest BCUT2D eigenvalue weighted by Gasteiger charge is -2.26. The Balaban J connectivity index is 1.16. The molecule has 2 saturated heterocycles. The minimum atomic E-state index is -3.62. The van der Waals surface area contributed by atoms with Gasteiger partial charge in [-0.25, -0.2) is 8.42 Å². The van der Waals surface area contributed by atoms with E-state index in [1.54, 1.807) is 41.3 Å². The lowest BCUT2D eigenvalue weighted by Crippen LogP contribution is -2.40. The third-order valence-electron chi connectivity index (χ3n) is 6.70. The number of rotatable bonds is 7. The first-order valence-corrected chi connectivity index (χ1v) is 14.0. The average molecular weight is 549 g/mol. The maximum Gasteiger partial charge on any atom is 0.255 e. The summed E-state index contributed by atoms with van der Waals surface area (Å²) in [6.45, 7) is 1.65. The maximum atomic E-state index is 12.8. The van der Waals surface area contributed by atoms with Crippen LogP contribution in [0.1, 0.15) is 16.8 Å². The first-order chi connectivity index (χ1) is 18.8. The molecule has 2 fully saturated rings. The number of carbonyl (C=O) groups excluding carboxylic acids is 3. The molecule has 2 N–H and O–H groups in total. The first kappa shape index (κ1) is 26.5. The molecule has 0 bridgehead atoms. The summed E-state index contributed by atoms with van der Waals surface area (Å²) in [7, 11) is -3.62. The van der Waals surface area contributed by atoms with E-state index in [2.05, 4.69) is 10.6 Å².